The third-order valence-electron chi connectivity index (χ3n) is 6.17. The Morgan fingerprint density at radius 1 is 1.16 bits per heavy atom. The fraction of sp³-hybridized carbons (Fsp3) is 0.565. The molecule has 0 aromatic heterocycles. The first-order valence-electron chi connectivity index (χ1n) is 10.9. The smallest absolute Gasteiger partial charge is 0.246 e. The van der Waals surface area contributed by atoms with Gasteiger partial charge in [-0.05, 0) is 55.6 Å². The molecule has 1 aromatic rings. The number of hydrogen-bond donors (Lipinski definition) is 1. The maximum atomic E-state index is 12.6. The monoisotopic (exact) mass is 467 g/mol. The maximum Gasteiger partial charge on any atom is 0.246 e. The van der Waals surface area contributed by atoms with E-state index in [0.717, 1.165) is 31.5 Å². The van der Waals surface area contributed by atoms with E-state index in [1.165, 1.54) is 6.08 Å². The number of aliphatic hydroxyl groups is 1. The summed E-state index contributed by atoms with van der Waals surface area (Å²) in [5.41, 5.74) is 0.799. The summed E-state index contributed by atoms with van der Waals surface area (Å²) < 4.78 is 0. The molecule has 2 aliphatic rings. The number of likely N-dealkylation sites (tertiary alicyclic amines) is 1. The minimum atomic E-state index is -0.259. The molecule has 1 N–H and O–H groups in total. The van der Waals surface area contributed by atoms with Crippen LogP contribution in [0.5, 0.6) is 0 Å². The van der Waals surface area contributed by atoms with E-state index >= 15 is 0 Å². The Morgan fingerprint density at radius 3 is 2.71 bits per heavy atom. The van der Waals surface area contributed by atoms with Crippen molar-refractivity contribution in [3.05, 3.63) is 39.9 Å². The van der Waals surface area contributed by atoms with Gasteiger partial charge >= 0.3 is 0 Å². The first-order chi connectivity index (χ1) is 14.8. The molecule has 0 radical (unpaired) electrons. The second-order valence-electron chi connectivity index (χ2n) is 8.45. The quantitative estimate of drug-likeness (QED) is 0.652. The van der Waals surface area contributed by atoms with Crippen molar-refractivity contribution in [2.45, 2.75) is 32.3 Å². The normalized spacial score (nSPS) is 23.4. The Bertz CT molecular complexity index is 817. The Balaban J connectivity index is 1.45. The summed E-state index contributed by atoms with van der Waals surface area (Å²) in [6, 6.07) is 5.21. The lowest BCUT2D eigenvalue weighted by Gasteiger charge is -2.34. The number of amides is 2. The molecule has 8 heteroatoms. The van der Waals surface area contributed by atoms with Gasteiger partial charge in [-0.1, -0.05) is 36.2 Å². The number of benzene rings is 1. The molecule has 31 heavy (non-hydrogen) atoms. The number of carbonyl (C=O) groups excluding carboxylic acids is 2. The summed E-state index contributed by atoms with van der Waals surface area (Å²) in [6.45, 7) is 6.86. The summed E-state index contributed by atoms with van der Waals surface area (Å²) in [5, 5.41) is 11.0. The van der Waals surface area contributed by atoms with Crippen molar-refractivity contribution in [1.29, 1.82) is 0 Å². The van der Waals surface area contributed by atoms with Crippen LogP contribution >= 0.6 is 23.2 Å². The second kappa shape index (κ2) is 11.3. The van der Waals surface area contributed by atoms with Crippen LogP contribution in [0.3, 0.4) is 0 Å². The van der Waals surface area contributed by atoms with E-state index in [0.29, 0.717) is 55.1 Å². The summed E-state index contributed by atoms with van der Waals surface area (Å²) in [7, 11) is 0. The summed E-state index contributed by atoms with van der Waals surface area (Å²) in [4.78, 5) is 30.9. The number of piperidine rings is 1. The van der Waals surface area contributed by atoms with Crippen molar-refractivity contribution in [3.63, 3.8) is 0 Å². The number of carbonyl (C=O) groups is 2. The highest BCUT2D eigenvalue weighted by Crippen LogP contribution is 2.23. The lowest BCUT2D eigenvalue weighted by atomic mass is 9.96. The summed E-state index contributed by atoms with van der Waals surface area (Å²) in [5.74, 6) is 0.339. The number of β-amino-alcohol motifs (C(OH)–C–C–N with tert-alkyl or cyclic N) is 1. The average Bonchev–Trinajstić information content (AvgIpc) is 2.93. The molecule has 2 atom stereocenters. The van der Waals surface area contributed by atoms with Gasteiger partial charge < -0.3 is 19.8 Å². The number of halogens is 2. The Hall–Kier alpha value is -1.60. The van der Waals surface area contributed by atoms with E-state index < -0.39 is 0 Å². The molecule has 2 aliphatic heterocycles. The number of nitrogens with zero attached hydrogens (tertiary/aromatic N) is 3. The molecular weight excluding hydrogens is 437 g/mol. The van der Waals surface area contributed by atoms with Crippen molar-refractivity contribution in [2.24, 2.45) is 5.92 Å². The molecule has 170 valence electrons. The molecule has 6 nitrogen and oxygen atoms in total. The molecule has 3 rings (SSSR count). The van der Waals surface area contributed by atoms with Crippen molar-refractivity contribution in [1.82, 2.24) is 14.7 Å². The van der Waals surface area contributed by atoms with Crippen LogP contribution in [0.4, 0.5) is 0 Å². The van der Waals surface area contributed by atoms with E-state index in [9.17, 15) is 14.7 Å². The summed E-state index contributed by atoms with van der Waals surface area (Å²) >= 11 is 11.9. The Kier molecular flexibility index (Phi) is 8.78. The second-order valence-corrected chi connectivity index (χ2v) is 9.26. The predicted molar refractivity (Wildman–Crippen MR) is 124 cm³/mol. The van der Waals surface area contributed by atoms with Crippen LogP contribution in [0.15, 0.2) is 24.3 Å². The third-order valence-corrected chi connectivity index (χ3v) is 6.91. The van der Waals surface area contributed by atoms with E-state index in [4.69, 9.17) is 23.2 Å². The van der Waals surface area contributed by atoms with Gasteiger partial charge in [0.1, 0.15) is 0 Å². The van der Waals surface area contributed by atoms with Gasteiger partial charge in [0, 0.05) is 45.2 Å². The molecule has 2 heterocycles. The Labute approximate surface area is 194 Å². The molecule has 0 aliphatic carbocycles. The highest BCUT2D eigenvalue weighted by atomic mass is 35.5. The largest absolute Gasteiger partial charge is 0.392 e. The van der Waals surface area contributed by atoms with Gasteiger partial charge in [0.25, 0.3) is 0 Å². The summed E-state index contributed by atoms with van der Waals surface area (Å²) in [6.07, 6.45) is 5.19. The molecule has 2 fully saturated rings. The molecule has 0 bridgehead atoms. The van der Waals surface area contributed by atoms with Gasteiger partial charge in [0.15, 0.2) is 0 Å². The highest BCUT2D eigenvalue weighted by molar-refractivity contribution is 6.42. The van der Waals surface area contributed by atoms with Crippen LogP contribution in [0.2, 0.25) is 10.0 Å². The van der Waals surface area contributed by atoms with Gasteiger partial charge in [0.05, 0.1) is 16.1 Å². The van der Waals surface area contributed by atoms with E-state index in [1.54, 1.807) is 29.2 Å². The van der Waals surface area contributed by atoms with Crippen LogP contribution < -0.4 is 0 Å². The first-order valence-corrected chi connectivity index (χ1v) is 11.7. The molecule has 0 saturated carbocycles. The van der Waals surface area contributed by atoms with Crippen LogP contribution in [0.1, 0.15) is 31.7 Å². The lowest BCUT2D eigenvalue weighted by molar-refractivity contribution is -0.130. The van der Waals surface area contributed by atoms with Gasteiger partial charge in [0.2, 0.25) is 11.8 Å². The minimum absolute atomic E-state index is 0.0936. The van der Waals surface area contributed by atoms with E-state index in [2.05, 4.69) is 11.8 Å². The van der Waals surface area contributed by atoms with Crippen molar-refractivity contribution in [3.8, 4) is 0 Å². The van der Waals surface area contributed by atoms with Crippen molar-refractivity contribution >= 4 is 41.1 Å². The van der Waals surface area contributed by atoms with Crippen LogP contribution in [-0.2, 0) is 9.59 Å². The van der Waals surface area contributed by atoms with Crippen LogP contribution in [-0.4, -0.2) is 83.5 Å². The Morgan fingerprint density at radius 2 is 1.97 bits per heavy atom. The van der Waals surface area contributed by atoms with E-state index in [1.807, 2.05) is 4.90 Å². The maximum absolute atomic E-state index is 12.6. The molecule has 0 unspecified atom stereocenters. The van der Waals surface area contributed by atoms with Crippen LogP contribution in [0, 0.1) is 5.92 Å². The van der Waals surface area contributed by atoms with Crippen molar-refractivity contribution in [2.75, 3.05) is 45.8 Å². The highest BCUT2D eigenvalue weighted by Gasteiger charge is 2.25. The van der Waals surface area contributed by atoms with Gasteiger partial charge in [-0.25, -0.2) is 0 Å². The lowest BCUT2D eigenvalue weighted by Crippen LogP contribution is -2.44. The molecule has 1 aromatic carbocycles. The number of aliphatic hydroxyl groups excluding tert-OH is 1. The predicted octanol–water partition coefficient (Wildman–Crippen LogP) is 3.16. The molecular formula is C23H31Cl2N3O3. The fourth-order valence-electron chi connectivity index (χ4n) is 4.02. The molecule has 2 amide bonds. The number of hydrogen-bond acceptors (Lipinski definition) is 4. The van der Waals surface area contributed by atoms with Gasteiger partial charge in [-0.3, -0.25) is 9.59 Å². The van der Waals surface area contributed by atoms with Crippen molar-refractivity contribution < 1.29 is 14.7 Å². The van der Waals surface area contributed by atoms with E-state index in [-0.39, 0.29) is 17.9 Å². The van der Waals surface area contributed by atoms with Gasteiger partial charge in [-0.15, -0.1) is 0 Å². The third kappa shape index (κ3) is 6.94. The zero-order valence-electron chi connectivity index (χ0n) is 18.0. The topological polar surface area (TPSA) is 64.1 Å². The number of rotatable bonds is 6. The zero-order valence-corrected chi connectivity index (χ0v) is 19.5. The average molecular weight is 468 g/mol. The first kappa shape index (κ1) is 24.1. The standard InChI is InChI=1S/C23H31Cl2N3O3/c1-17-7-11-26(16-21(17)29)9-2-10-27-13-14-28(12-8-23(27)31)22(30)6-4-18-3-5-19(24)20(25)15-18/h3-6,15,17,21,29H,2,7-14,16H2,1H3/b6-4+/t17-,21+/m1/s1. The van der Waals surface area contributed by atoms with Crippen LogP contribution in [0.25, 0.3) is 6.08 Å². The molecule has 2 saturated heterocycles. The fourth-order valence-corrected chi connectivity index (χ4v) is 4.32. The molecule has 0 spiro atoms. The minimum Gasteiger partial charge on any atom is -0.392 e. The van der Waals surface area contributed by atoms with Gasteiger partial charge in [-0.2, -0.15) is 0 Å². The zero-order chi connectivity index (χ0) is 22.4. The SMILES string of the molecule is C[C@@H]1CCN(CCCN2CCN(C(=O)/C=C/c3ccc(Cl)c(Cl)c3)CCC2=O)C[C@@H]1O.